The molecule has 0 aliphatic heterocycles. The highest BCUT2D eigenvalue weighted by Gasteiger charge is 2.10. The molecule has 0 aliphatic carbocycles. The van der Waals surface area contributed by atoms with E-state index >= 15 is 0 Å². The molecule has 0 amide bonds. The largest absolute Gasteiger partial charge is 0.326 e. The van der Waals surface area contributed by atoms with E-state index in [0.29, 0.717) is 25.4 Å². The molecule has 0 atom stereocenters. The third-order valence-electron chi connectivity index (χ3n) is 2.69. The third-order valence-corrected chi connectivity index (χ3v) is 4.04. The Morgan fingerprint density at radius 2 is 1.94 bits per heavy atom. The van der Waals surface area contributed by atoms with Crippen LogP contribution in [0.2, 0.25) is 0 Å². The van der Waals surface area contributed by atoms with E-state index < -0.39 is 10.0 Å². The van der Waals surface area contributed by atoms with Crippen molar-refractivity contribution in [2.24, 2.45) is 11.7 Å². The van der Waals surface area contributed by atoms with E-state index in [4.69, 9.17) is 5.73 Å². The molecule has 3 N–H and O–H groups in total. The fourth-order valence-corrected chi connectivity index (χ4v) is 2.84. The van der Waals surface area contributed by atoms with Crippen LogP contribution in [0.1, 0.15) is 31.4 Å². The van der Waals surface area contributed by atoms with Crippen LogP contribution in [0.25, 0.3) is 0 Å². The van der Waals surface area contributed by atoms with Gasteiger partial charge >= 0.3 is 0 Å². The first-order chi connectivity index (χ1) is 8.43. The Hall–Kier alpha value is -0.910. The van der Waals surface area contributed by atoms with Gasteiger partial charge in [-0.3, -0.25) is 0 Å². The van der Waals surface area contributed by atoms with E-state index in [9.17, 15) is 8.42 Å². The molecule has 4 nitrogen and oxygen atoms in total. The minimum absolute atomic E-state index is 0.182. The minimum atomic E-state index is -3.18. The Kier molecular flexibility index (Phi) is 5.78. The molecule has 0 bridgehead atoms. The van der Waals surface area contributed by atoms with Crippen LogP contribution in [0, 0.1) is 5.92 Å². The van der Waals surface area contributed by atoms with Gasteiger partial charge in [-0.25, -0.2) is 13.1 Å². The molecule has 18 heavy (non-hydrogen) atoms. The molecule has 1 aromatic rings. The topological polar surface area (TPSA) is 72.2 Å². The van der Waals surface area contributed by atoms with Crippen molar-refractivity contribution in [3.05, 3.63) is 35.4 Å². The van der Waals surface area contributed by atoms with Gasteiger partial charge in [0, 0.05) is 13.1 Å². The van der Waals surface area contributed by atoms with Crippen molar-refractivity contribution < 1.29 is 8.42 Å². The molecule has 0 aromatic heterocycles. The molecular formula is C13H22N2O2S. The molecule has 0 radical (unpaired) electrons. The smallest absolute Gasteiger partial charge is 0.211 e. The Bertz CT molecular complexity index is 470. The molecule has 0 fully saturated rings. The molecule has 0 saturated carbocycles. The molecule has 0 unspecified atom stereocenters. The van der Waals surface area contributed by atoms with Crippen LogP contribution in [-0.4, -0.2) is 14.2 Å². The second-order valence-electron chi connectivity index (χ2n) is 4.85. The molecule has 1 aromatic carbocycles. The van der Waals surface area contributed by atoms with Crippen LogP contribution in [0.3, 0.4) is 0 Å². The Morgan fingerprint density at radius 3 is 2.56 bits per heavy atom. The summed E-state index contributed by atoms with van der Waals surface area (Å²) in [5.74, 6) is 0.573. The maximum atomic E-state index is 11.7. The molecule has 5 heteroatoms. The zero-order chi connectivity index (χ0) is 13.6. The van der Waals surface area contributed by atoms with Crippen molar-refractivity contribution in [1.29, 1.82) is 0 Å². The summed E-state index contributed by atoms with van der Waals surface area (Å²) >= 11 is 0. The first-order valence-electron chi connectivity index (χ1n) is 6.18. The highest BCUT2D eigenvalue weighted by molar-refractivity contribution is 7.89. The summed E-state index contributed by atoms with van der Waals surface area (Å²) in [6.07, 6.45) is 0.679. The average Bonchev–Trinajstić information content (AvgIpc) is 2.35. The van der Waals surface area contributed by atoms with Gasteiger partial charge in [-0.05, 0) is 23.5 Å². The fraction of sp³-hybridized carbons (Fsp3) is 0.538. The van der Waals surface area contributed by atoms with Crippen molar-refractivity contribution in [3.8, 4) is 0 Å². The number of nitrogens with one attached hydrogen (secondary N) is 1. The van der Waals surface area contributed by atoms with Gasteiger partial charge in [0.1, 0.15) is 0 Å². The summed E-state index contributed by atoms with van der Waals surface area (Å²) in [5.41, 5.74) is 7.49. The predicted molar refractivity (Wildman–Crippen MR) is 74.4 cm³/mol. The number of rotatable bonds is 7. The number of sulfonamides is 1. The molecule has 1 rings (SSSR count). The van der Waals surface area contributed by atoms with Gasteiger partial charge in [0.15, 0.2) is 0 Å². The van der Waals surface area contributed by atoms with E-state index in [2.05, 4.69) is 4.72 Å². The van der Waals surface area contributed by atoms with Crippen molar-refractivity contribution in [2.45, 2.75) is 33.4 Å². The first kappa shape index (κ1) is 15.1. The molecule has 102 valence electrons. The van der Waals surface area contributed by atoms with Crippen LogP contribution < -0.4 is 10.5 Å². The maximum Gasteiger partial charge on any atom is 0.211 e. The molecular weight excluding hydrogens is 248 g/mol. The summed E-state index contributed by atoms with van der Waals surface area (Å²) < 4.78 is 26.1. The highest BCUT2D eigenvalue weighted by atomic mass is 32.2. The summed E-state index contributed by atoms with van der Waals surface area (Å²) in [5, 5.41) is 0. The zero-order valence-corrected chi connectivity index (χ0v) is 11.8. The maximum absolute atomic E-state index is 11.7. The summed E-state index contributed by atoms with van der Waals surface area (Å²) in [6.45, 7) is 4.82. The quantitative estimate of drug-likeness (QED) is 0.790. The third kappa shape index (κ3) is 5.62. The lowest BCUT2D eigenvalue weighted by Gasteiger charge is -2.09. The van der Waals surface area contributed by atoms with Crippen LogP contribution in [0.4, 0.5) is 0 Å². The SMILES string of the molecule is CC(C)CCS(=O)(=O)NCc1cccc(CN)c1. The van der Waals surface area contributed by atoms with Gasteiger partial charge in [0.05, 0.1) is 5.75 Å². The number of benzene rings is 1. The molecule has 0 heterocycles. The average molecular weight is 270 g/mol. The standard InChI is InChI=1S/C13H22N2O2S/c1-11(2)6-7-18(16,17)15-10-13-5-3-4-12(8-13)9-14/h3-5,8,11,15H,6-7,9-10,14H2,1-2H3. The summed E-state index contributed by atoms with van der Waals surface area (Å²) in [7, 11) is -3.18. The Morgan fingerprint density at radius 1 is 1.28 bits per heavy atom. The van der Waals surface area contributed by atoms with Crippen molar-refractivity contribution >= 4 is 10.0 Å². The van der Waals surface area contributed by atoms with Gasteiger partial charge < -0.3 is 5.73 Å². The highest BCUT2D eigenvalue weighted by Crippen LogP contribution is 2.06. The van der Waals surface area contributed by atoms with Crippen LogP contribution in [0.15, 0.2) is 24.3 Å². The van der Waals surface area contributed by atoms with E-state index in [0.717, 1.165) is 11.1 Å². The normalized spacial score (nSPS) is 12.0. The Balaban J connectivity index is 2.53. The fourth-order valence-electron chi connectivity index (χ4n) is 1.52. The van der Waals surface area contributed by atoms with Gasteiger partial charge in [-0.15, -0.1) is 0 Å². The van der Waals surface area contributed by atoms with Crippen molar-refractivity contribution in [3.63, 3.8) is 0 Å². The minimum Gasteiger partial charge on any atom is -0.326 e. The second-order valence-corrected chi connectivity index (χ2v) is 6.77. The molecule has 0 spiro atoms. The van der Waals surface area contributed by atoms with E-state index in [1.54, 1.807) is 0 Å². The zero-order valence-electron chi connectivity index (χ0n) is 11.0. The number of nitrogens with two attached hydrogens (primary N) is 1. The van der Waals surface area contributed by atoms with Gasteiger partial charge in [0.25, 0.3) is 0 Å². The second kappa shape index (κ2) is 6.87. The predicted octanol–water partition coefficient (Wildman–Crippen LogP) is 1.61. The van der Waals surface area contributed by atoms with Gasteiger partial charge in [-0.2, -0.15) is 0 Å². The van der Waals surface area contributed by atoms with E-state index in [-0.39, 0.29) is 5.75 Å². The van der Waals surface area contributed by atoms with Gasteiger partial charge in [0.2, 0.25) is 10.0 Å². The first-order valence-corrected chi connectivity index (χ1v) is 7.83. The van der Waals surface area contributed by atoms with Crippen LogP contribution in [-0.2, 0) is 23.1 Å². The van der Waals surface area contributed by atoms with Gasteiger partial charge in [-0.1, -0.05) is 38.1 Å². The lowest BCUT2D eigenvalue weighted by atomic mass is 10.1. The van der Waals surface area contributed by atoms with E-state index in [1.807, 2.05) is 38.1 Å². The lowest BCUT2D eigenvalue weighted by Crippen LogP contribution is -2.26. The number of hydrogen-bond acceptors (Lipinski definition) is 3. The number of hydrogen-bond donors (Lipinski definition) is 2. The monoisotopic (exact) mass is 270 g/mol. The molecule has 0 aliphatic rings. The summed E-state index contributed by atoms with van der Waals surface area (Å²) in [4.78, 5) is 0. The van der Waals surface area contributed by atoms with Crippen molar-refractivity contribution in [2.75, 3.05) is 5.75 Å². The van der Waals surface area contributed by atoms with Crippen LogP contribution in [0.5, 0.6) is 0 Å². The van der Waals surface area contributed by atoms with Crippen LogP contribution >= 0.6 is 0 Å². The lowest BCUT2D eigenvalue weighted by molar-refractivity contribution is 0.561. The Labute approximate surface area is 110 Å². The van der Waals surface area contributed by atoms with E-state index in [1.165, 1.54) is 0 Å². The van der Waals surface area contributed by atoms with Crippen molar-refractivity contribution in [1.82, 2.24) is 4.72 Å². The summed E-state index contributed by atoms with van der Waals surface area (Å²) in [6, 6.07) is 7.63. The molecule has 0 saturated heterocycles.